The minimum atomic E-state index is -1.05. The minimum absolute atomic E-state index is 0.0718. The van der Waals surface area contributed by atoms with E-state index in [4.69, 9.17) is 37.4 Å². The summed E-state index contributed by atoms with van der Waals surface area (Å²) < 4.78 is 16.4. The maximum absolute atomic E-state index is 12.5. The van der Waals surface area contributed by atoms with Gasteiger partial charge in [-0.05, 0) is 30.3 Å². The zero-order valence-corrected chi connectivity index (χ0v) is 16.4. The molecule has 1 atom stereocenters. The van der Waals surface area contributed by atoms with Crippen molar-refractivity contribution in [3.63, 3.8) is 0 Å². The molecular weight excluding hydrogens is 415 g/mol. The van der Waals surface area contributed by atoms with Crippen LogP contribution in [0, 0.1) is 0 Å². The lowest BCUT2D eigenvalue weighted by atomic mass is 10.1. The van der Waals surface area contributed by atoms with Crippen molar-refractivity contribution in [1.82, 2.24) is 0 Å². The highest BCUT2D eigenvalue weighted by atomic mass is 35.5. The van der Waals surface area contributed by atoms with Crippen molar-refractivity contribution in [2.75, 3.05) is 0 Å². The van der Waals surface area contributed by atoms with Crippen LogP contribution >= 0.6 is 23.2 Å². The summed E-state index contributed by atoms with van der Waals surface area (Å²) in [4.78, 5) is 24.4. The predicted octanol–water partition coefficient (Wildman–Crippen LogP) is 5.74. The van der Waals surface area contributed by atoms with Crippen LogP contribution in [0.5, 0.6) is 11.5 Å². The fraction of sp³-hybridized carbons (Fsp3) is 0.0909. The van der Waals surface area contributed by atoms with E-state index in [-0.39, 0.29) is 6.42 Å². The van der Waals surface area contributed by atoms with Crippen LogP contribution in [0.4, 0.5) is 0 Å². The summed E-state index contributed by atoms with van der Waals surface area (Å²) in [6.45, 7) is 0. The number of cyclic esters (lactones) is 1. The summed E-state index contributed by atoms with van der Waals surface area (Å²) in [5, 5.41) is 0.843. The number of halogens is 2. The van der Waals surface area contributed by atoms with Gasteiger partial charge in [0, 0.05) is 16.1 Å². The number of carbonyl (C=O) groups is 2. The Labute approximate surface area is 176 Å². The van der Waals surface area contributed by atoms with Gasteiger partial charge in [-0.25, -0.2) is 4.79 Å². The first-order valence-corrected chi connectivity index (χ1v) is 9.47. The van der Waals surface area contributed by atoms with E-state index in [0.717, 1.165) is 0 Å². The van der Waals surface area contributed by atoms with E-state index in [9.17, 15) is 9.59 Å². The minimum Gasteiger partial charge on any atom is -0.456 e. The normalized spacial score (nSPS) is 14.8. The first-order valence-electron chi connectivity index (χ1n) is 8.71. The first-order chi connectivity index (χ1) is 14.0. The Morgan fingerprint density at radius 1 is 0.966 bits per heavy atom. The molecule has 0 bridgehead atoms. The molecule has 3 aromatic carbocycles. The molecule has 1 unspecified atom stereocenters. The summed E-state index contributed by atoms with van der Waals surface area (Å²) in [5.74, 6) is -0.203. The number of carbonyl (C=O) groups excluding carboxylic acids is 2. The highest BCUT2D eigenvalue weighted by molar-refractivity contribution is 6.35. The molecule has 0 fully saturated rings. The Morgan fingerprint density at radius 3 is 2.55 bits per heavy atom. The number of para-hydroxylation sites is 1. The molecule has 0 amide bonds. The zero-order valence-electron chi connectivity index (χ0n) is 14.9. The van der Waals surface area contributed by atoms with E-state index in [1.807, 2.05) is 0 Å². The molecular formula is C22H14Cl2O5. The van der Waals surface area contributed by atoms with E-state index in [1.165, 1.54) is 0 Å². The van der Waals surface area contributed by atoms with Gasteiger partial charge in [0.1, 0.15) is 11.5 Å². The standard InChI is InChI=1S/C22H14Cl2O5/c23-14-9-10-19(17(24)12-14)27-18-8-4-1-5-13(18)11-20(25)28-22-16-7-3-2-6-15(16)21(26)29-22/h1-10,12,22H,11H2. The molecule has 0 saturated heterocycles. The van der Waals surface area contributed by atoms with Gasteiger partial charge >= 0.3 is 11.9 Å². The van der Waals surface area contributed by atoms with Crippen LogP contribution in [0.3, 0.4) is 0 Å². The van der Waals surface area contributed by atoms with Crippen LogP contribution in [-0.4, -0.2) is 11.9 Å². The zero-order chi connectivity index (χ0) is 20.4. The van der Waals surface area contributed by atoms with E-state index < -0.39 is 18.2 Å². The largest absolute Gasteiger partial charge is 0.456 e. The second-order valence-electron chi connectivity index (χ2n) is 6.28. The Kier molecular flexibility index (Phi) is 5.43. The Hall–Kier alpha value is -3.02. The van der Waals surface area contributed by atoms with E-state index in [1.54, 1.807) is 66.7 Å². The molecule has 3 aromatic rings. The van der Waals surface area contributed by atoms with Gasteiger partial charge in [-0.1, -0.05) is 59.6 Å². The third-order valence-corrected chi connectivity index (χ3v) is 4.84. The van der Waals surface area contributed by atoms with E-state index >= 15 is 0 Å². The van der Waals surface area contributed by atoms with Gasteiger partial charge in [-0.2, -0.15) is 0 Å². The molecule has 0 radical (unpaired) electrons. The fourth-order valence-corrected chi connectivity index (χ4v) is 3.39. The lowest BCUT2D eigenvalue weighted by Crippen LogP contribution is -2.14. The third kappa shape index (κ3) is 4.21. The van der Waals surface area contributed by atoms with Crippen LogP contribution in [0.25, 0.3) is 0 Å². The first kappa shape index (κ1) is 19.3. The van der Waals surface area contributed by atoms with Crippen LogP contribution in [0.2, 0.25) is 10.0 Å². The quantitative estimate of drug-likeness (QED) is 0.484. The lowest BCUT2D eigenvalue weighted by molar-refractivity contribution is -0.166. The number of hydrogen-bond donors (Lipinski definition) is 0. The third-order valence-electron chi connectivity index (χ3n) is 4.31. The van der Waals surface area contributed by atoms with Crippen molar-refractivity contribution in [1.29, 1.82) is 0 Å². The predicted molar refractivity (Wildman–Crippen MR) is 107 cm³/mol. The average molecular weight is 429 g/mol. The van der Waals surface area contributed by atoms with Crippen molar-refractivity contribution in [2.24, 2.45) is 0 Å². The Bertz CT molecular complexity index is 1100. The van der Waals surface area contributed by atoms with Gasteiger partial charge in [0.2, 0.25) is 0 Å². The topological polar surface area (TPSA) is 61.8 Å². The number of benzene rings is 3. The molecule has 5 nitrogen and oxygen atoms in total. The monoisotopic (exact) mass is 428 g/mol. The molecule has 29 heavy (non-hydrogen) atoms. The Morgan fingerprint density at radius 2 is 1.72 bits per heavy atom. The fourth-order valence-electron chi connectivity index (χ4n) is 2.94. The van der Waals surface area contributed by atoms with Crippen molar-refractivity contribution in [3.05, 3.63) is 93.5 Å². The molecule has 1 heterocycles. The molecule has 0 saturated carbocycles. The van der Waals surface area contributed by atoms with E-state index in [2.05, 4.69) is 0 Å². The molecule has 4 rings (SSSR count). The highest BCUT2D eigenvalue weighted by Crippen LogP contribution is 2.34. The SMILES string of the molecule is O=C(Cc1ccccc1Oc1ccc(Cl)cc1Cl)OC1OC(=O)c2ccccc21. The summed E-state index contributed by atoms with van der Waals surface area (Å²) >= 11 is 12.1. The van der Waals surface area contributed by atoms with Crippen molar-refractivity contribution in [3.8, 4) is 11.5 Å². The molecule has 1 aliphatic rings. The molecule has 0 aromatic heterocycles. The van der Waals surface area contributed by atoms with Crippen molar-refractivity contribution < 1.29 is 23.8 Å². The van der Waals surface area contributed by atoms with Crippen LogP contribution in [0.1, 0.15) is 27.8 Å². The number of fused-ring (bicyclic) bond motifs is 1. The van der Waals surface area contributed by atoms with E-state index in [0.29, 0.717) is 38.2 Å². The highest BCUT2D eigenvalue weighted by Gasteiger charge is 2.33. The Balaban J connectivity index is 1.49. The number of hydrogen-bond acceptors (Lipinski definition) is 5. The van der Waals surface area contributed by atoms with Gasteiger partial charge in [-0.3, -0.25) is 4.79 Å². The summed E-state index contributed by atoms with van der Waals surface area (Å²) in [5.41, 5.74) is 1.52. The molecule has 1 aliphatic heterocycles. The summed E-state index contributed by atoms with van der Waals surface area (Å²) in [7, 11) is 0. The second kappa shape index (κ2) is 8.15. The van der Waals surface area contributed by atoms with Gasteiger partial charge in [0.25, 0.3) is 6.29 Å². The van der Waals surface area contributed by atoms with Crippen molar-refractivity contribution in [2.45, 2.75) is 12.7 Å². The van der Waals surface area contributed by atoms with Gasteiger partial charge in [0.05, 0.1) is 17.0 Å². The lowest BCUT2D eigenvalue weighted by Gasteiger charge is -2.14. The number of rotatable bonds is 5. The number of esters is 2. The molecule has 146 valence electrons. The van der Waals surface area contributed by atoms with Crippen LogP contribution in [0.15, 0.2) is 66.7 Å². The second-order valence-corrected chi connectivity index (χ2v) is 7.12. The van der Waals surface area contributed by atoms with Crippen LogP contribution < -0.4 is 4.74 Å². The molecule has 0 spiro atoms. The molecule has 7 heteroatoms. The maximum Gasteiger partial charge on any atom is 0.342 e. The molecule has 0 N–H and O–H groups in total. The average Bonchev–Trinajstić information content (AvgIpc) is 3.01. The van der Waals surface area contributed by atoms with Crippen molar-refractivity contribution >= 4 is 35.1 Å². The molecule has 0 aliphatic carbocycles. The maximum atomic E-state index is 12.5. The summed E-state index contributed by atoms with van der Waals surface area (Å²) in [6, 6.07) is 18.7. The van der Waals surface area contributed by atoms with Gasteiger partial charge < -0.3 is 14.2 Å². The van der Waals surface area contributed by atoms with Gasteiger partial charge in [0.15, 0.2) is 0 Å². The number of ether oxygens (including phenoxy) is 3. The van der Waals surface area contributed by atoms with Crippen LogP contribution in [-0.2, 0) is 20.7 Å². The smallest absolute Gasteiger partial charge is 0.342 e. The summed E-state index contributed by atoms with van der Waals surface area (Å²) in [6.07, 6.45) is -1.12. The van der Waals surface area contributed by atoms with Gasteiger partial charge in [-0.15, -0.1) is 0 Å².